The fraction of sp³-hybridized carbons (Fsp3) is 0.455. The van der Waals surface area contributed by atoms with Crippen molar-refractivity contribution < 1.29 is 38.3 Å². The van der Waals surface area contributed by atoms with Crippen LogP contribution >= 0.6 is 0 Å². The summed E-state index contributed by atoms with van der Waals surface area (Å²) in [5.41, 5.74) is 5.09. The van der Waals surface area contributed by atoms with E-state index >= 15 is 0 Å². The summed E-state index contributed by atoms with van der Waals surface area (Å²) in [5, 5.41) is 0. The molecule has 0 aliphatic heterocycles. The Bertz CT molecular complexity index is 385. The Morgan fingerprint density at radius 3 is 1.33 bits per heavy atom. The molecule has 1 unspecified atom stereocenters. The van der Waals surface area contributed by atoms with Crippen LogP contribution in [0, 0.1) is 34.6 Å². The van der Waals surface area contributed by atoms with Gasteiger partial charge in [-0.1, -0.05) is 0 Å². The second kappa shape index (κ2) is 5.60. The maximum atomic E-state index is 11.1. The smallest absolute Gasteiger partial charge is 0.768 e. The standard InChI is InChI=1S/C11H16O2S.Na/c1-6-7(2)9(4)11(14(12)13)10(5)8(6)3;/h1-5H3,(H,12,13);/q;+1/p-1. The molecule has 0 amide bonds. The SMILES string of the molecule is Cc1c(C)c(C)c(S(=O)[O-])c(C)c1C.[Na+]. The van der Waals surface area contributed by atoms with E-state index in [2.05, 4.69) is 0 Å². The van der Waals surface area contributed by atoms with Crippen LogP contribution in [0.3, 0.4) is 0 Å². The van der Waals surface area contributed by atoms with Crippen molar-refractivity contribution in [3.05, 3.63) is 27.8 Å². The van der Waals surface area contributed by atoms with E-state index in [1.54, 1.807) is 0 Å². The minimum Gasteiger partial charge on any atom is -0.768 e. The van der Waals surface area contributed by atoms with Gasteiger partial charge in [-0.05, 0) is 73.5 Å². The predicted molar refractivity (Wildman–Crippen MR) is 57.3 cm³/mol. The van der Waals surface area contributed by atoms with Crippen molar-refractivity contribution in [1.82, 2.24) is 0 Å². The van der Waals surface area contributed by atoms with Gasteiger partial charge in [0.25, 0.3) is 0 Å². The van der Waals surface area contributed by atoms with E-state index < -0.39 is 11.1 Å². The van der Waals surface area contributed by atoms with E-state index in [0.29, 0.717) is 4.90 Å². The Hall–Kier alpha value is 0.330. The summed E-state index contributed by atoms with van der Waals surface area (Å²) in [4.78, 5) is 0.464. The summed E-state index contributed by atoms with van der Waals surface area (Å²) >= 11 is -2.13. The monoisotopic (exact) mass is 234 g/mol. The number of benzene rings is 1. The molecular weight excluding hydrogens is 219 g/mol. The summed E-state index contributed by atoms with van der Waals surface area (Å²) in [7, 11) is 0. The van der Waals surface area contributed by atoms with Gasteiger partial charge < -0.3 is 4.55 Å². The molecule has 1 aromatic rings. The van der Waals surface area contributed by atoms with Crippen LogP contribution < -0.4 is 29.6 Å². The first kappa shape index (κ1) is 15.3. The second-order valence-corrected chi connectivity index (χ2v) is 4.57. The van der Waals surface area contributed by atoms with Crippen LogP contribution in [0.4, 0.5) is 0 Å². The van der Waals surface area contributed by atoms with Gasteiger partial charge in [0, 0.05) is 4.90 Å². The van der Waals surface area contributed by atoms with Crippen molar-refractivity contribution in [1.29, 1.82) is 0 Å². The van der Waals surface area contributed by atoms with Crippen molar-refractivity contribution in [2.45, 2.75) is 39.5 Å². The summed E-state index contributed by atoms with van der Waals surface area (Å²) in [6.45, 7) is 9.68. The largest absolute Gasteiger partial charge is 1.00 e. The van der Waals surface area contributed by atoms with E-state index in [9.17, 15) is 8.76 Å². The third-order valence-corrected chi connectivity index (χ3v) is 4.04. The number of hydrogen-bond donors (Lipinski definition) is 0. The number of hydrogen-bond acceptors (Lipinski definition) is 2. The molecule has 0 fully saturated rings. The Morgan fingerprint density at radius 2 is 1.07 bits per heavy atom. The van der Waals surface area contributed by atoms with Crippen LogP contribution in [0.25, 0.3) is 0 Å². The first-order valence-corrected chi connectivity index (χ1v) is 5.61. The molecule has 1 rings (SSSR count). The fourth-order valence-electron chi connectivity index (χ4n) is 1.72. The summed E-state index contributed by atoms with van der Waals surface area (Å²) < 4.78 is 22.1. The Labute approximate surface area is 116 Å². The maximum absolute atomic E-state index is 11.1. The van der Waals surface area contributed by atoms with Crippen molar-refractivity contribution >= 4 is 11.1 Å². The summed E-state index contributed by atoms with van der Waals surface area (Å²) in [6, 6.07) is 0. The zero-order valence-electron chi connectivity index (χ0n) is 10.2. The molecule has 0 aliphatic rings. The van der Waals surface area contributed by atoms with Crippen LogP contribution in [0.15, 0.2) is 4.90 Å². The minimum atomic E-state index is -2.13. The Morgan fingerprint density at radius 1 is 0.800 bits per heavy atom. The molecule has 0 saturated heterocycles. The topological polar surface area (TPSA) is 40.1 Å². The van der Waals surface area contributed by atoms with Gasteiger partial charge in [0.15, 0.2) is 0 Å². The van der Waals surface area contributed by atoms with Gasteiger partial charge in [-0.2, -0.15) is 0 Å². The van der Waals surface area contributed by atoms with Gasteiger partial charge in [-0.3, -0.25) is 4.21 Å². The first-order valence-electron chi connectivity index (χ1n) is 4.54. The molecule has 2 nitrogen and oxygen atoms in total. The average molecular weight is 234 g/mol. The van der Waals surface area contributed by atoms with Gasteiger partial charge in [0.1, 0.15) is 0 Å². The molecule has 0 radical (unpaired) electrons. The first-order chi connectivity index (χ1) is 6.37. The average Bonchev–Trinajstić information content (AvgIpc) is 2.11. The van der Waals surface area contributed by atoms with Gasteiger partial charge in [0.2, 0.25) is 0 Å². The third-order valence-electron chi connectivity index (χ3n) is 3.10. The van der Waals surface area contributed by atoms with Crippen molar-refractivity contribution in [2.75, 3.05) is 0 Å². The summed E-state index contributed by atoms with van der Waals surface area (Å²) in [5.74, 6) is 0. The van der Waals surface area contributed by atoms with Gasteiger partial charge in [-0.25, -0.2) is 0 Å². The molecule has 78 valence electrons. The van der Waals surface area contributed by atoms with Gasteiger partial charge >= 0.3 is 29.6 Å². The summed E-state index contributed by atoms with van der Waals surface area (Å²) in [6.07, 6.45) is 0. The molecule has 0 bridgehead atoms. The van der Waals surface area contributed by atoms with E-state index in [1.165, 1.54) is 5.56 Å². The minimum absolute atomic E-state index is 0. The molecule has 0 spiro atoms. The molecule has 4 heteroatoms. The quantitative estimate of drug-likeness (QED) is 0.484. The van der Waals surface area contributed by atoms with Crippen LogP contribution in [0.2, 0.25) is 0 Å². The Kier molecular flexibility index (Phi) is 5.72. The maximum Gasteiger partial charge on any atom is 1.00 e. The van der Waals surface area contributed by atoms with E-state index in [4.69, 9.17) is 0 Å². The van der Waals surface area contributed by atoms with E-state index in [1.807, 2.05) is 34.6 Å². The molecular formula is C11H15NaO2S. The van der Waals surface area contributed by atoms with Gasteiger partial charge in [-0.15, -0.1) is 0 Å². The zero-order valence-corrected chi connectivity index (χ0v) is 13.0. The molecule has 0 N–H and O–H groups in total. The normalized spacial score (nSPS) is 12.1. The van der Waals surface area contributed by atoms with E-state index in [-0.39, 0.29) is 29.6 Å². The fourth-order valence-corrected chi connectivity index (χ4v) is 2.52. The van der Waals surface area contributed by atoms with Crippen LogP contribution in [0.1, 0.15) is 27.8 Å². The molecule has 0 aliphatic carbocycles. The van der Waals surface area contributed by atoms with Crippen LogP contribution in [0.5, 0.6) is 0 Å². The molecule has 15 heavy (non-hydrogen) atoms. The zero-order chi connectivity index (χ0) is 11.0. The Balaban J connectivity index is 0.00000196. The molecule has 0 saturated carbocycles. The van der Waals surface area contributed by atoms with Crippen LogP contribution in [-0.2, 0) is 11.1 Å². The van der Waals surface area contributed by atoms with Crippen molar-refractivity contribution in [2.24, 2.45) is 0 Å². The van der Waals surface area contributed by atoms with Crippen molar-refractivity contribution in [3.63, 3.8) is 0 Å². The third kappa shape index (κ3) is 2.71. The molecule has 0 heterocycles. The van der Waals surface area contributed by atoms with Crippen molar-refractivity contribution in [3.8, 4) is 0 Å². The molecule has 0 aromatic heterocycles. The van der Waals surface area contributed by atoms with Crippen LogP contribution in [-0.4, -0.2) is 8.76 Å². The second-order valence-electron chi connectivity index (χ2n) is 3.69. The predicted octanol–water partition coefficient (Wildman–Crippen LogP) is -0.529. The molecule has 1 aromatic carbocycles. The number of rotatable bonds is 1. The van der Waals surface area contributed by atoms with Gasteiger partial charge in [0.05, 0.1) is 0 Å². The van der Waals surface area contributed by atoms with E-state index in [0.717, 1.165) is 22.3 Å². The molecule has 1 atom stereocenters.